The summed E-state index contributed by atoms with van der Waals surface area (Å²) in [5.41, 5.74) is 0.182. The Balaban J connectivity index is 2.00. The molecule has 2 rings (SSSR count). The Hall–Kier alpha value is -1.76. The van der Waals surface area contributed by atoms with Gasteiger partial charge in [0.15, 0.2) is 0 Å². The number of benzene rings is 1. The standard InChI is InChI=1S/C13H12ClF3N2O2/c14-9-4-2-1-3-8(9)11(20)18-10-5-6-19(12(10)21)7-13(15,16)17/h1-4,10H,5-7H2,(H,18,20)/t10-/m1/s1. The summed E-state index contributed by atoms with van der Waals surface area (Å²) in [7, 11) is 0. The fourth-order valence-corrected chi connectivity index (χ4v) is 2.35. The molecule has 1 aliphatic heterocycles. The minimum Gasteiger partial charge on any atom is -0.340 e. The van der Waals surface area contributed by atoms with Gasteiger partial charge in [-0.05, 0) is 18.6 Å². The molecule has 0 saturated carbocycles. The van der Waals surface area contributed by atoms with Crippen LogP contribution in [0.25, 0.3) is 0 Å². The fraction of sp³-hybridized carbons (Fsp3) is 0.385. The highest BCUT2D eigenvalue weighted by Gasteiger charge is 2.39. The number of rotatable bonds is 3. The zero-order valence-electron chi connectivity index (χ0n) is 10.8. The lowest BCUT2D eigenvalue weighted by Gasteiger charge is -2.18. The van der Waals surface area contributed by atoms with Crippen LogP contribution < -0.4 is 5.32 Å². The number of halogens is 4. The number of nitrogens with one attached hydrogen (secondary N) is 1. The maximum Gasteiger partial charge on any atom is 0.406 e. The van der Waals surface area contributed by atoms with Crippen molar-refractivity contribution in [2.45, 2.75) is 18.6 Å². The van der Waals surface area contributed by atoms with E-state index in [4.69, 9.17) is 11.6 Å². The molecule has 0 unspecified atom stereocenters. The van der Waals surface area contributed by atoms with Crippen molar-refractivity contribution < 1.29 is 22.8 Å². The Bertz CT molecular complexity index is 563. The molecule has 1 atom stereocenters. The van der Waals surface area contributed by atoms with Crippen molar-refractivity contribution in [3.05, 3.63) is 34.9 Å². The number of hydrogen-bond acceptors (Lipinski definition) is 2. The molecule has 1 aromatic rings. The van der Waals surface area contributed by atoms with Gasteiger partial charge in [-0.1, -0.05) is 23.7 Å². The van der Waals surface area contributed by atoms with Gasteiger partial charge in [-0.15, -0.1) is 0 Å². The molecule has 1 heterocycles. The van der Waals surface area contributed by atoms with Crippen molar-refractivity contribution in [3.63, 3.8) is 0 Å². The van der Waals surface area contributed by atoms with Gasteiger partial charge in [-0.3, -0.25) is 9.59 Å². The first-order valence-electron chi connectivity index (χ1n) is 6.19. The number of carbonyl (C=O) groups excluding carboxylic acids is 2. The van der Waals surface area contributed by atoms with E-state index >= 15 is 0 Å². The van der Waals surface area contributed by atoms with Gasteiger partial charge in [0.2, 0.25) is 5.91 Å². The van der Waals surface area contributed by atoms with Gasteiger partial charge in [-0.25, -0.2) is 0 Å². The monoisotopic (exact) mass is 320 g/mol. The molecule has 1 saturated heterocycles. The van der Waals surface area contributed by atoms with E-state index in [1.165, 1.54) is 12.1 Å². The van der Waals surface area contributed by atoms with Crippen LogP contribution >= 0.6 is 11.6 Å². The van der Waals surface area contributed by atoms with Crippen LogP contribution in [0.4, 0.5) is 13.2 Å². The van der Waals surface area contributed by atoms with Gasteiger partial charge in [0.25, 0.3) is 5.91 Å². The third-order valence-corrected chi connectivity index (χ3v) is 3.42. The van der Waals surface area contributed by atoms with Crippen LogP contribution in [0.15, 0.2) is 24.3 Å². The molecule has 1 fully saturated rings. The average molecular weight is 321 g/mol. The number of likely N-dealkylation sites (tertiary alicyclic amines) is 1. The quantitative estimate of drug-likeness (QED) is 0.928. The van der Waals surface area contributed by atoms with Crippen molar-refractivity contribution >= 4 is 23.4 Å². The summed E-state index contributed by atoms with van der Waals surface area (Å²) in [5, 5.41) is 2.63. The lowest BCUT2D eigenvalue weighted by Crippen LogP contribution is -2.43. The molecule has 1 aromatic carbocycles. The van der Waals surface area contributed by atoms with E-state index in [-0.39, 0.29) is 23.6 Å². The Morgan fingerprint density at radius 3 is 2.67 bits per heavy atom. The summed E-state index contributed by atoms with van der Waals surface area (Å²) < 4.78 is 36.9. The Morgan fingerprint density at radius 2 is 2.05 bits per heavy atom. The highest BCUT2D eigenvalue weighted by atomic mass is 35.5. The van der Waals surface area contributed by atoms with Crippen LogP contribution in [0, 0.1) is 0 Å². The maximum atomic E-state index is 12.3. The third-order valence-electron chi connectivity index (χ3n) is 3.09. The SMILES string of the molecule is O=C(N[C@@H]1CCN(CC(F)(F)F)C1=O)c1ccccc1Cl. The average Bonchev–Trinajstić information content (AvgIpc) is 2.70. The minimum absolute atomic E-state index is 0.0359. The number of alkyl halides is 3. The second-order valence-corrected chi connectivity index (χ2v) is 5.08. The lowest BCUT2D eigenvalue weighted by molar-refractivity contribution is -0.157. The first-order chi connectivity index (χ1) is 9.78. The molecule has 0 aromatic heterocycles. The number of amides is 2. The van der Waals surface area contributed by atoms with Crippen LogP contribution in [0.1, 0.15) is 16.8 Å². The van der Waals surface area contributed by atoms with E-state index < -0.39 is 30.6 Å². The second kappa shape index (κ2) is 5.93. The van der Waals surface area contributed by atoms with Crippen LogP contribution in [0.3, 0.4) is 0 Å². The van der Waals surface area contributed by atoms with Gasteiger partial charge in [0, 0.05) is 6.54 Å². The van der Waals surface area contributed by atoms with E-state index in [1.54, 1.807) is 12.1 Å². The van der Waals surface area contributed by atoms with E-state index in [1.807, 2.05) is 0 Å². The van der Waals surface area contributed by atoms with E-state index in [0.717, 1.165) is 0 Å². The topological polar surface area (TPSA) is 49.4 Å². The van der Waals surface area contributed by atoms with Gasteiger partial charge < -0.3 is 10.2 Å². The molecule has 114 valence electrons. The summed E-state index contributed by atoms with van der Waals surface area (Å²) in [4.78, 5) is 24.5. The summed E-state index contributed by atoms with van der Waals surface area (Å²) >= 11 is 5.85. The molecule has 1 N–H and O–H groups in total. The number of nitrogens with zero attached hydrogens (tertiary/aromatic N) is 1. The number of carbonyl (C=O) groups is 2. The Kier molecular flexibility index (Phi) is 4.41. The summed E-state index contributed by atoms with van der Waals surface area (Å²) in [6.45, 7) is -1.34. The first kappa shape index (κ1) is 15.6. The van der Waals surface area contributed by atoms with Crippen molar-refractivity contribution in [2.75, 3.05) is 13.1 Å². The molecule has 21 heavy (non-hydrogen) atoms. The highest BCUT2D eigenvalue weighted by molar-refractivity contribution is 6.33. The van der Waals surface area contributed by atoms with Gasteiger partial charge in [0.05, 0.1) is 10.6 Å². The molecule has 4 nitrogen and oxygen atoms in total. The molecule has 2 amide bonds. The highest BCUT2D eigenvalue weighted by Crippen LogP contribution is 2.21. The zero-order chi connectivity index (χ0) is 15.6. The lowest BCUT2D eigenvalue weighted by atomic mass is 10.2. The molecule has 8 heteroatoms. The molecular weight excluding hydrogens is 309 g/mol. The van der Waals surface area contributed by atoms with Gasteiger partial charge in [0.1, 0.15) is 12.6 Å². The maximum absolute atomic E-state index is 12.3. The zero-order valence-corrected chi connectivity index (χ0v) is 11.5. The van der Waals surface area contributed by atoms with E-state index in [0.29, 0.717) is 4.90 Å². The van der Waals surface area contributed by atoms with Crippen molar-refractivity contribution in [1.82, 2.24) is 10.2 Å². The predicted molar refractivity (Wildman–Crippen MR) is 70.0 cm³/mol. The second-order valence-electron chi connectivity index (χ2n) is 4.67. The smallest absolute Gasteiger partial charge is 0.340 e. The van der Waals surface area contributed by atoms with Crippen LogP contribution in [-0.2, 0) is 4.79 Å². The molecule has 0 bridgehead atoms. The predicted octanol–water partition coefficient (Wildman–Crippen LogP) is 2.23. The minimum atomic E-state index is -4.45. The summed E-state index contributed by atoms with van der Waals surface area (Å²) in [6.07, 6.45) is -4.30. The number of hydrogen-bond donors (Lipinski definition) is 1. The fourth-order valence-electron chi connectivity index (χ4n) is 2.13. The molecule has 1 aliphatic rings. The van der Waals surface area contributed by atoms with E-state index in [2.05, 4.69) is 5.32 Å². The van der Waals surface area contributed by atoms with E-state index in [9.17, 15) is 22.8 Å². The van der Waals surface area contributed by atoms with Crippen LogP contribution in [0.5, 0.6) is 0 Å². The molecule has 0 aliphatic carbocycles. The first-order valence-corrected chi connectivity index (χ1v) is 6.56. The van der Waals surface area contributed by atoms with Crippen molar-refractivity contribution in [3.8, 4) is 0 Å². The Morgan fingerprint density at radius 1 is 1.38 bits per heavy atom. The Labute approximate surface area is 123 Å². The molecular formula is C13H12ClF3N2O2. The van der Waals surface area contributed by atoms with Crippen molar-refractivity contribution in [1.29, 1.82) is 0 Å². The van der Waals surface area contributed by atoms with Crippen LogP contribution in [0.2, 0.25) is 5.02 Å². The molecule has 0 radical (unpaired) electrons. The summed E-state index contributed by atoms with van der Waals surface area (Å²) in [6, 6.07) is 5.29. The summed E-state index contributed by atoms with van der Waals surface area (Å²) in [5.74, 6) is -1.31. The van der Waals surface area contributed by atoms with Gasteiger partial charge in [-0.2, -0.15) is 13.2 Å². The largest absolute Gasteiger partial charge is 0.406 e. The molecule has 0 spiro atoms. The van der Waals surface area contributed by atoms with Gasteiger partial charge >= 0.3 is 6.18 Å². The van der Waals surface area contributed by atoms with Crippen LogP contribution in [-0.4, -0.2) is 42.0 Å². The normalized spacial score (nSPS) is 19.0. The van der Waals surface area contributed by atoms with Crippen molar-refractivity contribution in [2.24, 2.45) is 0 Å². The third kappa shape index (κ3) is 3.87.